The van der Waals surface area contributed by atoms with Crippen molar-refractivity contribution >= 4 is 54.5 Å². The molecule has 8 aromatic carbocycles. The van der Waals surface area contributed by atoms with Gasteiger partial charge in [0.1, 0.15) is 22.5 Å². The monoisotopic (exact) mass is 620 g/mol. The third kappa shape index (κ3) is 4.00. The number of hydrogen-bond acceptors (Lipinski definition) is 2. The van der Waals surface area contributed by atoms with Gasteiger partial charge in [0.15, 0.2) is 0 Å². The fraction of sp³-hybridized carbons (Fsp3) is 0. The van der Waals surface area contributed by atoms with E-state index < -0.39 is 24.2 Å². The number of hydrogen-bond donors (Lipinski definition) is 0. The number of benzene rings is 8. The summed E-state index contributed by atoms with van der Waals surface area (Å²) in [4.78, 5) is 0. The van der Waals surface area contributed by atoms with Gasteiger partial charge in [-0.15, -0.1) is 0 Å². The van der Waals surface area contributed by atoms with Gasteiger partial charge in [-0.2, -0.15) is 0 Å². The second-order valence-corrected chi connectivity index (χ2v) is 11.8. The molecule has 0 aliphatic carbocycles. The van der Waals surface area contributed by atoms with E-state index in [2.05, 4.69) is 0 Å². The Morgan fingerprint density at radius 3 is 1.38 bits per heavy atom. The largest absolute Gasteiger partial charge is 0.456 e. The molecule has 10 aromatic rings. The van der Waals surface area contributed by atoms with Crippen LogP contribution in [0.5, 0.6) is 0 Å². The maximum absolute atomic E-state index is 9.26. The predicted molar refractivity (Wildman–Crippen MR) is 200 cm³/mol. The highest BCUT2D eigenvalue weighted by Gasteiger charge is 2.23. The Bertz CT molecular complexity index is 3180. The average molecular weight is 621 g/mol. The van der Waals surface area contributed by atoms with Crippen molar-refractivity contribution in [3.63, 3.8) is 0 Å². The summed E-state index contributed by atoms with van der Waals surface area (Å²) >= 11 is 0. The van der Waals surface area contributed by atoms with Crippen LogP contribution in [0, 0.1) is 0 Å². The maximum atomic E-state index is 9.26. The Labute approximate surface area is 288 Å². The van der Waals surface area contributed by atoms with Gasteiger partial charge in [0, 0.05) is 27.3 Å². The molecule has 0 amide bonds. The molecule has 2 heteroatoms. The number of furan rings is 2. The first-order chi connectivity index (χ1) is 27.2. The van der Waals surface area contributed by atoms with Crippen LogP contribution in [0.15, 0.2) is 179 Å². The first-order valence-corrected chi connectivity index (χ1v) is 15.7. The van der Waals surface area contributed by atoms with Gasteiger partial charge < -0.3 is 8.83 Å². The summed E-state index contributed by atoms with van der Waals surface area (Å²) in [6, 6.07) is 35.2. The molecule has 0 fully saturated rings. The van der Waals surface area contributed by atoms with Crippen LogP contribution in [-0.4, -0.2) is 0 Å². The van der Waals surface area contributed by atoms with Crippen LogP contribution < -0.4 is 0 Å². The molecular formula is C46H28O2. The lowest BCUT2D eigenvalue weighted by molar-refractivity contribution is 0.632. The molecule has 0 aliphatic heterocycles. The highest BCUT2D eigenvalue weighted by atomic mass is 16.3. The van der Waals surface area contributed by atoms with E-state index in [9.17, 15) is 5.48 Å². The fourth-order valence-corrected chi connectivity index (χ4v) is 7.08. The number of rotatable bonds is 4. The molecule has 0 atom stereocenters. The Balaban J connectivity index is 1.32. The SMILES string of the molecule is [2H]c1c([2H])c([2H])c2c(-c3ccc(-c4c(-c5ccccc5)oc5ccc6oc7ccccc7c6c45)cc3)c3c([2H])c([2H])c([2H])c([2H])c3c(-c3ccccc3)c2c1[2H]. The standard InChI is InChI=1S/C46H28O2/c1-3-13-29(14-4-1)41-33-17-7-9-19-35(33)42(36-20-10-8-18-34(36)41)30-23-25-31(26-24-30)43-45-40(48-46(43)32-15-5-2-6-16-32)28-27-39-44(45)37-21-11-12-22-38(37)47-39/h1-28H/i7D,8D,9D,10D,17D,18D,19D,20D. The van der Waals surface area contributed by atoms with Crippen LogP contribution in [0.1, 0.15) is 11.0 Å². The maximum Gasteiger partial charge on any atom is 0.143 e. The summed E-state index contributed by atoms with van der Waals surface area (Å²) in [7, 11) is 0. The molecule has 0 saturated heterocycles. The Hall–Kier alpha value is -6.38. The molecule has 0 bridgehead atoms. The lowest BCUT2D eigenvalue weighted by atomic mass is 9.85. The highest BCUT2D eigenvalue weighted by Crippen LogP contribution is 2.48. The van der Waals surface area contributed by atoms with Crippen molar-refractivity contribution in [2.75, 3.05) is 0 Å². The molecular weight excluding hydrogens is 585 g/mol. The molecule has 224 valence electrons. The molecule has 48 heavy (non-hydrogen) atoms. The first kappa shape index (κ1) is 20.0. The van der Waals surface area contributed by atoms with Gasteiger partial charge >= 0.3 is 0 Å². The molecule has 0 aliphatic rings. The molecule has 0 N–H and O–H groups in total. The van der Waals surface area contributed by atoms with E-state index in [-0.39, 0.29) is 45.7 Å². The van der Waals surface area contributed by atoms with Gasteiger partial charge in [-0.1, -0.05) is 151 Å². The zero-order chi connectivity index (χ0) is 38.6. The molecule has 0 saturated carbocycles. The van der Waals surface area contributed by atoms with Crippen LogP contribution in [0.3, 0.4) is 0 Å². The van der Waals surface area contributed by atoms with E-state index in [0.29, 0.717) is 33.6 Å². The molecule has 10 rings (SSSR count). The number of fused-ring (bicyclic) bond motifs is 7. The summed E-state index contributed by atoms with van der Waals surface area (Å²) in [5.74, 6) is 0.664. The first-order valence-electron chi connectivity index (χ1n) is 19.7. The van der Waals surface area contributed by atoms with E-state index in [0.717, 1.165) is 44.0 Å². The zero-order valence-electron chi connectivity index (χ0n) is 33.4. The summed E-state index contributed by atoms with van der Waals surface area (Å²) in [6.07, 6.45) is 0. The smallest absolute Gasteiger partial charge is 0.143 e. The van der Waals surface area contributed by atoms with Crippen molar-refractivity contribution in [2.24, 2.45) is 0 Å². The van der Waals surface area contributed by atoms with Crippen LogP contribution >= 0.6 is 0 Å². The van der Waals surface area contributed by atoms with E-state index >= 15 is 0 Å². The van der Waals surface area contributed by atoms with Crippen molar-refractivity contribution in [3.8, 4) is 44.7 Å². The third-order valence-electron chi connectivity index (χ3n) is 9.13. The number of para-hydroxylation sites is 1. The van der Waals surface area contributed by atoms with Crippen molar-refractivity contribution in [2.45, 2.75) is 0 Å². The minimum Gasteiger partial charge on any atom is -0.456 e. The minimum atomic E-state index is -0.437. The lowest BCUT2D eigenvalue weighted by Gasteiger charge is -2.18. The van der Waals surface area contributed by atoms with E-state index in [1.54, 1.807) is 24.3 Å². The van der Waals surface area contributed by atoms with Gasteiger partial charge in [0.2, 0.25) is 0 Å². The Morgan fingerprint density at radius 1 is 0.333 bits per heavy atom. The van der Waals surface area contributed by atoms with Crippen molar-refractivity contribution < 1.29 is 19.8 Å². The molecule has 2 heterocycles. The van der Waals surface area contributed by atoms with E-state index in [1.807, 2.05) is 97.1 Å². The van der Waals surface area contributed by atoms with Gasteiger partial charge in [-0.25, -0.2) is 0 Å². The molecule has 0 radical (unpaired) electrons. The topological polar surface area (TPSA) is 26.3 Å². The van der Waals surface area contributed by atoms with Crippen LogP contribution in [0.25, 0.3) is 99.2 Å². The zero-order valence-corrected chi connectivity index (χ0v) is 25.4. The summed E-state index contributed by atoms with van der Waals surface area (Å²) in [5, 5.41) is 3.46. The van der Waals surface area contributed by atoms with E-state index in [4.69, 9.17) is 14.3 Å². The van der Waals surface area contributed by atoms with Gasteiger partial charge in [0.25, 0.3) is 0 Å². The van der Waals surface area contributed by atoms with E-state index in [1.165, 1.54) is 0 Å². The highest BCUT2D eigenvalue weighted by molar-refractivity contribution is 6.24. The summed E-state index contributed by atoms with van der Waals surface area (Å²) in [6.45, 7) is 0. The second-order valence-electron chi connectivity index (χ2n) is 11.8. The normalized spacial score (nSPS) is 14.1. The predicted octanol–water partition coefficient (Wildman–Crippen LogP) is 13.3. The van der Waals surface area contributed by atoms with Gasteiger partial charge in [0.05, 0.1) is 11.0 Å². The average Bonchev–Trinajstić information content (AvgIpc) is 3.82. The minimum absolute atomic E-state index is 0.172. The second kappa shape index (κ2) is 10.6. The van der Waals surface area contributed by atoms with Gasteiger partial charge in [-0.3, -0.25) is 0 Å². The summed E-state index contributed by atoms with van der Waals surface area (Å²) < 4.78 is 84.7. The summed E-state index contributed by atoms with van der Waals surface area (Å²) in [5.41, 5.74) is 6.39. The van der Waals surface area contributed by atoms with Crippen molar-refractivity contribution in [1.82, 2.24) is 0 Å². The van der Waals surface area contributed by atoms with Gasteiger partial charge in [-0.05, 0) is 67.6 Å². The Morgan fingerprint density at radius 2 is 0.792 bits per heavy atom. The van der Waals surface area contributed by atoms with Crippen LogP contribution in [-0.2, 0) is 0 Å². The van der Waals surface area contributed by atoms with Crippen molar-refractivity contribution in [1.29, 1.82) is 0 Å². The molecule has 2 nitrogen and oxygen atoms in total. The Kier molecular flexibility index (Phi) is 4.41. The molecule has 2 aromatic heterocycles. The molecule has 0 unspecified atom stereocenters. The molecule has 0 spiro atoms. The quantitative estimate of drug-likeness (QED) is 0.183. The third-order valence-corrected chi connectivity index (χ3v) is 9.13. The van der Waals surface area contributed by atoms with Crippen LogP contribution in [0.2, 0.25) is 0 Å². The van der Waals surface area contributed by atoms with Crippen LogP contribution in [0.4, 0.5) is 0 Å². The lowest BCUT2D eigenvalue weighted by Crippen LogP contribution is -1.91. The fourth-order valence-electron chi connectivity index (χ4n) is 7.08. The van der Waals surface area contributed by atoms with Crippen molar-refractivity contribution in [3.05, 3.63) is 170 Å².